The van der Waals surface area contributed by atoms with Crippen LogP contribution in [0.25, 0.3) is 6.08 Å². The number of Topliss-reactive ketones (excluding diaryl/α,β-unsaturated/α-hetero) is 1. The predicted octanol–water partition coefficient (Wildman–Crippen LogP) is 6.05. The number of carbonyl (C=O) groups is 1. The van der Waals surface area contributed by atoms with Gasteiger partial charge in [-0.15, -0.1) is 0 Å². The average molecular weight is 446 g/mol. The van der Waals surface area contributed by atoms with Crippen LogP contribution in [0.15, 0.2) is 66.4 Å². The quantitative estimate of drug-likeness (QED) is 0.448. The van der Waals surface area contributed by atoms with E-state index in [9.17, 15) is 4.79 Å². The largest absolute Gasteiger partial charge is 0.478 e. The van der Waals surface area contributed by atoms with Gasteiger partial charge in [0.05, 0.1) is 11.1 Å². The minimum absolute atomic E-state index is 0.0866. The van der Waals surface area contributed by atoms with Crippen LogP contribution >= 0.6 is 11.6 Å². The van der Waals surface area contributed by atoms with E-state index in [-0.39, 0.29) is 5.78 Å². The maximum Gasteiger partial charge on any atom is 0.232 e. The molecule has 3 aromatic rings. The smallest absolute Gasteiger partial charge is 0.232 e. The standard InChI is InChI=1S/C27H24ClNO3/c1-18-14-23-22(16-29(17-31-23)13-5-8-19-6-3-2-4-7-19)27-25(18)26(30)24(32-27)15-20-9-11-21(28)12-10-20/h2-4,6-7,9-12,14-15H,5,8,13,16-17H2,1H3/b24-15-. The average Bonchev–Trinajstić information content (AvgIpc) is 3.13. The molecule has 2 aliphatic rings. The molecule has 4 nitrogen and oxygen atoms in total. The molecule has 0 N–H and O–H groups in total. The molecule has 0 saturated heterocycles. The molecular weight excluding hydrogens is 422 g/mol. The van der Waals surface area contributed by atoms with Gasteiger partial charge >= 0.3 is 0 Å². The Hall–Kier alpha value is -3.08. The number of carbonyl (C=O) groups excluding carboxylic acids is 1. The highest BCUT2D eigenvalue weighted by atomic mass is 35.5. The number of fused-ring (bicyclic) bond motifs is 3. The maximum atomic E-state index is 13.1. The molecule has 0 fully saturated rings. The van der Waals surface area contributed by atoms with E-state index in [4.69, 9.17) is 21.1 Å². The monoisotopic (exact) mass is 445 g/mol. The van der Waals surface area contributed by atoms with E-state index in [0.717, 1.165) is 41.8 Å². The van der Waals surface area contributed by atoms with Crippen molar-refractivity contribution in [2.24, 2.45) is 0 Å². The second-order valence-electron chi connectivity index (χ2n) is 8.28. The van der Waals surface area contributed by atoms with E-state index in [0.29, 0.717) is 35.4 Å². The van der Waals surface area contributed by atoms with Crippen molar-refractivity contribution in [2.75, 3.05) is 13.3 Å². The summed E-state index contributed by atoms with van der Waals surface area (Å²) in [6.07, 6.45) is 3.84. The SMILES string of the molecule is Cc1cc2c(c3c1C(=O)/C(=C/c1ccc(Cl)cc1)O3)CN(CCCc1ccccc1)CO2. The third kappa shape index (κ3) is 4.16. The van der Waals surface area contributed by atoms with E-state index in [2.05, 4.69) is 29.2 Å². The molecule has 0 amide bonds. The molecule has 3 aromatic carbocycles. The molecule has 2 aliphatic heterocycles. The van der Waals surface area contributed by atoms with Crippen LogP contribution in [-0.2, 0) is 13.0 Å². The zero-order valence-corrected chi connectivity index (χ0v) is 18.7. The molecule has 0 spiro atoms. The van der Waals surface area contributed by atoms with Crippen molar-refractivity contribution < 1.29 is 14.3 Å². The fourth-order valence-electron chi connectivity index (χ4n) is 4.28. The number of aryl methyl sites for hydroxylation is 2. The molecule has 162 valence electrons. The van der Waals surface area contributed by atoms with Crippen molar-refractivity contribution in [2.45, 2.75) is 26.3 Å². The lowest BCUT2D eigenvalue weighted by Gasteiger charge is -2.30. The summed E-state index contributed by atoms with van der Waals surface area (Å²) >= 11 is 5.98. The Morgan fingerprint density at radius 1 is 1.09 bits per heavy atom. The summed E-state index contributed by atoms with van der Waals surface area (Å²) in [7, 11) is 0. The number of allylic oxidation sites excluding steroid dienone is 1. The number of rotatable bonds is 5. The zero-order valence-electron chi connectivity index (χ0n) is 17.9. The third-order valence-corrected chi connectivity index (χ3v) is 6.19. The Morgan fingerprint density at radius 2 is 1.88 bits per heavy atom. The molecule has 0 unspecified atom stereocenters. The van der Waals surface area contributed by atoms with Crippen LogP contribution in [0.3, 0.4) is 0 Å². The minimum Gasteiger partial charge on any atom is -0.478 e. The fraction of sp³-hybridized carbons (Fsp3) is 0.222. The summed E-state index contributed by atoms with van der Waals surface area (Å²) in [5, 5.41) is 0.656. The van der Waals surface area contributed by atoms with Crippen molar-refractivity contribution >= 4 is 23.5 Å². The molecule has 0 atom stereocenters. The Morgan fingerprint density at radius 3 is 2.66 bits per heavy atom. The van der Waals surface area contributed by atoms with Crippen LogP contribution < -0.4 is 9.47 Å². The molecule has 2 heterocycles. The molecule has 0 aliphatic carbocycles. The van der Waals surface area contributed by atoms with E-state index < -0.39 is 0 Å². The van der Waals surface area contributed by atoms with E-state index in [1.807, 2.05) is 31.2 Å². The summed E-state index contributed by atoms with van der Waals surface area (Å²) in [6.45, 7) is 4.09. The first-order valence-corrected chi connectivity index (χ1v) is 11.2. The highest BCUT2D eigenvalue weighted by Gasteiger charge is 2.35. The normalized spacial score (nSPS) is 16.4. The first-order valence-electron chi connectivity index (χ1n) is 10.8. The number of ketones is 1. The number of benzene rings is 3. The van der Waals surface area contributed by atoms with Crippen LogP contribution in [0, 0.1) is 6.92 Å². The minimum atomic E-state index is -0.0866. The van der Waals surface area contributed by atoms with Crippen LogP contribution in [0.1, 0.15) is 39.0 Å². The van der Waals surface area contributed by atoms with E-state index in [1.54, 1.807) is 18.2 Å². The lowest BCUT2D eigenvalue weighted by molar-refractivity contribution is 0.0928. The molecule has 0 saturated carbocycles. The van der Waals surface area contributed by atoms with Gasteiger partial charge in [-0.2, -0.15) is 0 Å². The van der Waals surface area contributed by atoms with Gasteiger partial charge in [0.25, 0.3) is 0 Å². The Balaban J connectivity index is 1.35. The number of hydrogen-bond donors (Lipinski definition) is 0. The predicted molar refractivity (Wildman–Crippen MR) is 126 cm³/mol. The van der Waals surface area contributed by atoms with Gasteiger partial charge in [0.1, 0.15) is 18.2 Å². The van der Waals surface area contributed by atoms with Crippen molar-refractivity contribution in [3.8, 4) is 11.5 Å². The van der Waals surface area contributed by atoms with Gasteiger partial charge in [0, 0.05) is 18.1 Å². The first-order chi connectivity index (χ1) is 15.6. The molecular formula is C27H24ClNO3. The van der Waals surface area contributed by atoms with Crippen LogP contribution in [0.5, 0.6) is 11.5 Å². The van der Waals surface area contributed by atoms with Crippen LogP contribution in [0.2, 0.25) is 5.02 Å². The third-order valence-electron chi connectivity index (χ3n) is 5.94. The fourth-order valence-corrected chi connectivity index (χ4v) is 4.41. The summed E-state index contributed by atoms with van der Waals surface area (Å²) in [4.78, 5) is 15.4. The van der Waals surface area contributed by atoms with Gasteiger partial charge in [0.2, 0.25) is 5.78 Å². The van der Waals surface area contributed by atoms with Crippen molar-refractivity contribution in [1.29, 1.82) is 0 Å². The zero-order chi connectivity index (χ0) is 22.1. The maximum absolute atomic E-state index is 13.1. The Bertz CT molecular complexity index is 1190. The Labute approximate surface area is 193 Å². The molecule has 5 heteroatoms. The molecule has 0 aromatic heterocycles. The second-order valence-corrected chi connectivity index (χ2v) is 8.72. The molecule has 0 bridgehead atoms. The molecule has 32 heavy (non-hydrogen) atoms. The van der Waals surface area contributed by atoms with Gasteiger partial charge in [0.15, 0.2) is 5.76 Å². The lowest BCUT2D eigenvalue weighted by Crippen LogP contribution is -2.33. The Kier molecular flexibility index (Phi) is 5.73. The van der Waals surface area contributed by atoms with Gasteiger partial charge < -0.3 is 9.47 Å². The highest BCUT2D eigenvalue weighted by molar-refractivity contribution is 6.30. The number of halogens is 1. The second kappa shape index (κ2) is 8.81. The van der Waals surface area contributed by atoms with E-state index in [1.165, 1.54) is 5.56 Å². The van der Waals surface area contributed by atoms with Crippen LogP contribution in [-0.4, -0.2) is 24.0 Å². The highest BCUT2D eigenvalue weighted by Crippen LogP contribution is 2.44. The van der Waals surface area contributed by atoms with Gasteiger partial charge in [-0.05, 0) is 60.7 Å². The van der Waals surface area contributed by atoms with Gasteiger partial charge in [-0.3, -0.25) is 9.69 Å². The van der Waals surface area contributed by atoms with E-state index >= 15 is 0 Å². The lowest BCUT2D eigenvalue weighted by atomic mass is 9.98. The molecule has 0 radical (unpaired) electrons. The topological polar surface area (TPSA) is 38.8 Å². The number of nitrogens with zero attached hydrogens (tertiary/aromatic N) is 1. The number of ether oxygens (including phenoxy) is 2. The first kappa shape index (κ1) is 20.8. The van der Waals surface area contributed by atoms with Gasteiger partial charge in [-0.1, -0.05) is 54.1 Å². The summed E-state index contributed by atoms with van der Waals surface area (Å²) in [6, 6.07) is 19.8. The number of hydrogen-bond acceptors (Lipinski definition) is 4. The summed E-state index contributed by atoms with van der Waals surface area (Å²) < 4.78 is 12.2. The molecule has 5 rings (SSSR count). The van der Waals surface area contributed by atoms with Crippen molar-refractivity contribution in [3.63, 3.8) is 0 Å². The van der Waals surface area contributed by atoms with Crippen LogP contribution in [0.4, 0.5) is 0 Å². The van der Waals surface area contributed by atoms with Gasteiger partial charge in [-0.25, -0.2) is 0 Å². The summed E-state index contributed by atoms with van der Waals surface area (Å²) in [5.74, 6) is 1.69. The summed E-state index contributed by atoms with van der Waals surface area (Å²) in [5.41, 5.74) is 4.67. The van der Waals surface area contributed by atoms with Crippen molar-refractivity contribution in [3.05, 3.63) is 99.3 Å². The van der Waals surface area contributed by atoms with Crippen molar-refractivity contribution in [1.82, 2.24) is 4.90 Å².